The van der Waals surface area contributed by atoms with Crippen molar-refractivity contribution in [2.45, 2.75) is 39.2 Å². The lowest BCUT2D eigenvalue weighted by atomic mass is 10.0. The summed E-state index contributed by atoms with van der Waals surface area (Å²) in [6.45, 7) is 3.66. The standard InChI is InChI=1S/C21H18Cl2F4N4O3/c1-8-17(19(23)31-30-8)29-20(33)12-6-14(24)11(7-16(12)34-10(3)21(25,26)27)15-5-4-13(22)18(28-15)9(2)32/h4-7,9-10,32H,1-3H3,(H,29,33)(H,30,31)/t9?,10-/m0/s1. The number of aromatic nitrogens is 3. The lowest BCUT2D eigenvalue weighted by Crippen LogP contribution is -2.32. The first-order valence-corrected chi connectivity index (χ1v) is 10.5. The van der Waals surface area contributed by atoms with Crippen molar-refractivity contribution in [1.82, 2.24) is 15.2 Å². The average Bonchev–Trinajstić information content (AvgIpc) is 3.06. The summed E-state index contributed by atoms with van der Waals surface area (Å²) in [5.74, 6) is -2.50. The number of pyridine rings is 1. The number of ether oxygens (including phenoxy) is 1. The summed E-state index contributed by atoms with van der Waals surface area (Å²) in [5, 5.41) is 18.5. The Balaban J connectivity index is 2.12. The molecule has 0 bridgehead atoms. The van der Waals surface area contributed by atoms with Crippen molar-refractivity contribution in [3.8, 4) is 17.0 Å². The molecule has 34 heavy (non-hydrogen) atoms. The first kappa shape index (κ1) is 25.7. The van der Waals surface area contributed by atoms with Gasteiger partial charge >= 0.3 is 6.18 Å². The summed E-state index contributed by atoms with van der Waals surface area (Å²) in [4.78, 5) is 17.0. The molecular formula is C21H18Cl2F4N4O3. The quantitative estimate of drug-likeness (QED) is 0.353. The molecule has 0 aliphatic carbocycles. The van der Waals surface area contributed by atoms with E-state index in [-0.39, 0.29) is 32.8 Å². The van der Waals surface area contributed by atoms with E-state index in [0.29, 0.717) is 5.69 Å². The second kappa shape index (κ2) is 9.77. The molecule has 0 saturated heterocycles. The molecule has 13 heteroatoms. The van der Waals surface area contributed by atoms with Crippen molar-refractivity contribution in [2.75, 3.05) is 5.32 Å². The van der Waals surface area contributed by atoms with Gasteiger partial charge < -0.3 is 15.2 Å². The van der Waals surface area contributed by atoms with Crippen molar-refractivity contribution in [1.29, 1.82) is 0 Å². The highest BCUT2D eigenvalue weighted by Crippen LogP contribution is 2.35. The van der Waals surface area contributed by atoms with E-state index in [1.165, 1.54) is 26.0 Å². The minimum absolute atomic E-state index is 0.0231. The monoisotopic (exact) mass is 520 g/mol. The smallest absolute Gasteiger partial charge is 0.425 e. The molecule has 0 saturated carbocycles. The van der Waals surface area contributed by atoms with E-state index in [9.17, 15) is 23.1 Å². The number of aryl methyl sites for hydroxylation is 1. The van der Waals surface area contributed by atoms with Crippen LogP contribution in [0.2, 0.25) is 10.2 Å². The fourth-order valence-electron chi connectivity index (χ4n) is 2.91. The predicted molar refractivity (Wildman–Crippen MR) is 118 cm³/mol. The number of alkyl halides is 3. The van der Waals surface area contributed by atoms with Crippen LogP contribution in [0.5, 0.6) is 5.75 Å². The van der Waals surface area contributed by atoms with Gasteiger partial charge in [-0.15, -0.1) is 0 Å². The molecule has 1 aromatic carbocycles. The maximum Gasteiger partial charge on any atom is 0.425 e. The molecule has 3 aromatic rings. The molecule has 2 heterocycles. The topological polar surface area (TPSA) is 100 Å². The van der Waals surface area contributed by atoms with E-state index in [1.54, 1.807) is 0 Å². The third kappa shape index (κ3) is 5.43. The Bertz CT molecular complexity index is 1210. The second-order valence-corrected chi connectivity index (χ2v) is 8.11. The lowest BCUT2D eigenvalue weighted by molar-refractivity contribution is -0.189. The molecule has 3 N–H and O–H groups in total. The Morgan fingerprint density at radius 1 is 1.24 bits per heavy atom. The van der Waals surface area contributed by atoms with Crippen LogP contribution in [0.15, 0.2) is 24.3 Å². The molecule has 0 radical (unpaired) electrons. The molecule has 182 valence electrons. The third-order valence-electron chi connectivity index (χ3n) is 4.76. The summed E-state index contributed by atoms with van der Waals surface area (Å²) < 4.78 is 59.6. The largest absolute Gasteiger partial charge is 0.480 e. The van der Waals surface area contributed by atoms with E-state index >= 15 is 4.39 Å². The van der Waals surface area contributed by atoms with E-state index < -0.39 is 41.4 Å². The van der Waals surface area contributed by atoms with E-state index in [0.717, 1.165) is 19.1 Å². The van der Waals surface area contributed by atoms with Crippen LogP contribution >= 0.6 is 23.2 Å². The molecule has 0 aliphatic heterocycles. The van der Waals surface area contributed by atoms with Gasteiger partial charge in [-0.1, -0.05) is 23.2 Å². The number of benzene rings is 1. The molecule has 0 aliphatic rings. The Morgan fingerprint density at radius 3 is 2.47 bits per heavy atom. The van der Waals surface area contributed by atoms with Gasteiger partial charge in [-0.2, -0.15) is 18.3 Å². The minimum atomic E-state index is -4.76. The lowest BCUT2D eigenvalue weighted by Gasteiger charge is -2.21. The van der Waals surface area contributed by atoms with Crippen LogP contribution in [0.1, 0.15) is 41.7 Å². The number of halogens is 6. The second-order valence-electron chi connectivity index (χ2n) is 7.32. The molecular weight excluding hydrogens is 503 g/mol. The molecule has 3 rings (SSSR count). The van der Waals surface area contributed by atoms with Crippen LogP contribution in [0.25, 0.3) is 11.3 Å². The number of aliphatic hydroxyl groups is 1. The zero-order valence-corrected chi connectivity index (χ0v) is 19.4. The Hall–Kier alpha value is -2.89. The number of carbonyl (C=O) groups excluding carboxylic acids is 1. The number of carbonyl (C=O) groups is 1. The minimum Gasteiger partial charge on any atom is -0.480 e. The van der Waals surface area contributed by atoms with Crippen LogP contribution in [0.4, 0.5) is 23.2 Å². The number of nitrogens with one attached hydrogen (secondary N) is 2. The van der Waals surface area contributed by atoms with Crippen LogP contribution in [0.3, 0.4) is 0 Å². The summed E-state index contributed by atoms with van der Waals surface area (Å²) in [6.07, 6.45) is -8.17. The number of nitrogens with zero attached hydrogens (tertiary/aromatic N) is 2. The van der Waals surface area contributed by atoms with Crippen LogP contribution in [0, 0.1) is 12.7 Å². The van der Waals surface area contributed by atoms with Crippen LogP contribution in [-0.4, -0.2) is 38.5 Å². The molecule has 0 fully saturated rings. The van der Waals surface area contributed by atoms with Gasteiger partial charge in [0.2, 0.25) is 0 Å². The van der Waals surface area contributed by atoms with Crippen molar-refractivity contribution < 1.29 is 32.2 Å². The molecule has 1 unspecified atom stereocenters. The highest BCUT2D eigenvalue weighted by molar-refractivity contribution is 6.33. The van der Waals surface area contributed by atoms with Gasteiger partial charge in [0.15, 0.2) is 6.10 Å². The van der Waals surface area contributed by atoms with Gasteiger partial charge in [-0.05, 0) is 45.0 Å². The van der Waals surface area contributed by atoms with Gasteiger partial charge in [0.05, 0.1) is 33.8 Å². The summed E-state index contributed by atoms with van der Waals surface area (Å²) in [6, 6.07) is 4.33. The number of hydrogen-bond donors (Lipinski definition) is 3. The number of aliphatic hydroxyl groups excluding tert-OH is 1. The van der Waals surface area contributed by atoms with Gasteiger partial charge in [0.1, 0.15) is 22.4 Å². The number of aromatic amines is 1. The fourth-order valence-corrected chi connectivity index (χ4v) is 3.40. The van der Waals surface area contributed by atoms with E-state index in [4.69, 9.17) is 27.9 Å². The molecule has 0 spiro atoms. The zero-order valence-electron chi connectivity index (χ0n) is 17.9. The normalized spacial score (nSPS) is 13.5. The Labute approximate surface area is 201 Å². The third-order valence-corrected chi connectivity index (χ3v) is 5.36. The van der Waals surface area contributed by atoms with Gasteiger partial charge in [-0.3, -0.25) is 9.89 Å². The predicted octanol–water partition coefficient (Wildman–Crippen LogP) is 5.86. The maximum absolute atomic E-state index is 15.1. The number of rotatable bonds is 6. The van der Waals surface area contributed by atoms with Crippen molar-refractivity contribution in [3.05, 3.63) is 57.2 Å². The Kier molecular flexibility index (Phi) is 7.39. The highest BCUT2D eigenvalue weighted by atomic mass is 35.5. The number of hydrogen-bond acceptors (Lipinski definition) is 5. The van der Waals surface area contributed by atoms with Crippen molar-refractivity contribution in [2.24, 2.45) is 0 Å². The fraction of sp³-hybridized carbons (Fsp3) is 0.286. The average molecular weight is 521 g/mol. The van der Waals surface area contributed by atoms with Gasteiger partial charge in [0, 0.05) is 5.56 Å². The van der Waals surface area contributed by atoms with E-state index in [2.05, 4.69) is 20.5 Å². The first-order valence-electron chi connectivity index (χ1n) is 9.73. The van der Waals surface area contributed by atoms with Crippen LogP contribution in [-0.2, 0) is 0 Å². The molecule has 7 nitrogen and oxygen atoms in total. The van der Waals surface area contributed by atoms with Gasteiger partial charge in [-0.25, -0.2) is 9.37 Å². The SMILES string of the molecule is Cc1n[nH]c(Cl)c1NC(=O)c1cc(F)c(-c2ccc(Cl)c(C(C)O)n2)cc1O[C@@H](C)C(F)(F)F. The maximum atomic E-state index is 15.1. The zero-order chi connectivity index (χ0) is 25.4. The number of H-pyrrole nitrogens is 1. The molecule has 2 aromatic heterocycles. The number of amides is 1. The van der Waals surface area contributed by atoms with Crippen molar-refractivity contribution >= 4 is 34.8 Å². The van der Waals surface area contributed by atoms with Crippen LogP contribution < -0.4 is 10.1 Å². The van der Waals surface area contributed by atoms with E-state index in [1.807, 2.05) is 0 Å². The molecule has 1 amide bonds. The van der Waals surface area contributed by atoms with Crippen molar-refractivity contribution in [3.63, 3.8) is 0 Å². The van der Waals surface area contributed by atoms with Gasteiger partial charge in [0.25, 0.3) is 5.91 Å². The summed E-state index contributed by atoms with van der Waals surface area (Å²) >= 11 is 11.9. The summed E-state index contributed by atoms with van der Waals surface area (Å²) in [5.41, 5.74) is -0.403. The molecule has 2 atom stereocenters. The first-order chi connectivity index (χ1) is 15.8. The number of anilines is 1. The summed E-state index contributed by atoms with van der Waals surface area (Å²) in [7, 11) is 0. The highest BCUT2D eigenvalue weighted by Gasteiger charge is 2.39. The Morgan fingerprint density at radius 2 is 1.91 bits per heavy atom.